The van der Waals surface area contributed by atoms with Crippen LogP contribution in [0.4, 0.5) is 17.1 Å². The number of nitro groups is 2. The van der Waals surface area contributed by atoms with Crippen molar-refractivity contribution in [2.24, 2.45) is 0 Å². The van der Waals surface area contributed by atoms with Gasteiger partial charge in [-0.15, -0.1) is 0 Å². The topological polar surface area (TPSA) is 169 Å². The second-order valence-corrected chi connectivity index (χ2v) is 7.00. The summed E-state index contributed by atoms with van der Waals surface area (Å²) >= 11 is 22.1. The van der Waals surface area contributed by atoms with Gasteiger partial charge in [-0.3, -0.25) is 20.2 Å². The van der Waals surface area contributed by atoms with Gasteiger partial charge in [-0.1, -0.05) is 46.4 Å². The Labute approximate surface area is 206 Å². The van der Waals surface area contributed by atoms with Gasteiger partial charge >= 0.3 is 0 Å². The molecule has 0 saturated carbocycles. The standard InChI is InChI=1S/C6H5ClN2O3.C6H7ClN2O.C5H2Cl2N2O2/c1-12-6-5(7)2-4(3-8-6)9(10)11;1-10-6-5(7)2-4(8)3-9-6;6-4-1-3(9(10)11)2-8-5(4)7/h2-3H,1H3;2-3H,8H2,1H3;1-2H. The van der Waals surface area contributed by atoms with Gasteiger partial charge in [0.2, 0.25) is 11.8 Å². The molecule has 3 aromatic heterocycles. The van der Waals surface area contributed by atoms with Crippen LogP contribution in [0.25, 0.3) is 0 Å². The van der Waals surface area contributed by atoms with Crippen LogP contribution in [0.3, 0.4) is 0 Å². The highest BCUT2D eigenvalue weighted by Crippen LogP contribution is 2.25. The summed E-state index contributed by atoms with van der Waals surface area (Å²) in [4.78, 5) is 30.1. The van der Waals surface area contributed by atoms with Gasteiger partial charge in [0.1, 0.15) is 27.6 Å². The quantitative estimate of drug-likeness (QED) is 0.261. The molecule has 33 heavy (non-hydrogen) atoms. The number of pyridine rings is 3. The number of anilines is 1. The Morgan fingerprint density at radius 1 is 0.758 bits per heavy atom. The molecule has 0 aliphatic heterocycles. The zero-order valence-corrected chi connectivity index (χ0v) is 19.8. The molecule has 0 aliphatic rings. The van der Waals surface area contributed by atoms with Crippen molar-refractivity contribution in [3.05, 3.63) is 77.2 Å². The number of methoxy groups -OCH3 is 2. The van der Waals surface area contributed by atoms with Gasteiger partial charge in [0, 0.05) is 12.1 Å². The van der Waals surface area contributed by atoms with E-state index in [4.69, 9.17) is 61.6 Å². The van der Waals surface area contributed by atoms with Crippen molar-refractivity contribution in [2.45, 2.75) is 0 Å². The van der Waals surface area contributed by atoms with Gasteiger partial charge < -0.3 is 15.2 Å². The number of hydrogen-bond acceptors (Lipinski definition) is 10. The lowest BCUT2D eigenvalue weighted by Crippen LogP contribution is -1.92. The summed E-state index contributed by atoms with van der Waals surface area (Å²) in [6.45, 7) is 0. The van der Waals surface area contributed by atoms with Crippen molar-refractivity contribution in [2.75, 3.05) is 20.0 Å². The van der Waals surface area contributed by atoms with Gasteiger partial charge in [-0.2, -0.15) is 0 Å². The van der Waals surface area contributed by atoms with Crippen molar-refractivity contribution in [1.29, 1.82) is 0 Å². The molecule has 0 fully saturated rings. The molecule has 3 rings (SSSR count). The first-order valence-electron chi connectivity index (χ1n) is 8.24. The fourth-order valence-corrected chi connectivity index (χ4v) is 2.52. The maximum absolute atomic E-state index is 10.2. The lowest BCUT2D eigenvalue weighted by Gasteiger charge is -2.00. The van der Waals surface area contributed by atoms with E-state index < -0.39 is 9.85 Å². The fourth-order valence-electron chi connectivity index (χ4n) is 1.77. The van der Waals surface area contributed by atoms with E-state index in [1.807, 2.05) is 0 Å². The minimum atomic E-state index is -0.588. The minimum absolute atomic E-state index is 0.0669. The molecule has 3 heterocycles. The Hall–Kier alpha value is -3.19. The van der Waals surface area contributed by atoms with Crippen molar-refractivity contribution < 1.29 is 19.3 Å². The number of nitrogens with two attached hydrogens (primary N) is 1. The molecular weight excluding hydrogens is 526 g/mol. The second-order valence-electron chi connectivity index (χ2n) is 5.42. The summed E-state index contributed by atoms with van der Waals surface area (Å²) in [6, 6.07) is 3.93. The first-order valence-corrected chi connectivity index (χ1v) is 9.75. The van der Waals surface area contributed by atoms with E-state index in [1.54, 1.807) is 6.07 Å². The molecular formula is C17H14Cl4N6O6. The number of nitrogen functional groups attached to an aromatic ring is 1. The van der Waals surface area contributed by atoms with Gasteiger partial charge in [0.05, 0.1) is 41.0 Å². The fraction of sp³-hybridized carbons (Fsp3) is 0.118. The normalized spacial score (nSPS) is 9.52. The highest BCUT2D eigenvalue weighted by atomic mass is 35.5. The van der Waals surface area contributed by atoms with Gasteiger partial charge in [-0.25, -0.2) is 15.0 Å². The van der Waals surface area contributed by atoms with Crippen LogP contribution in [-0.4, -0.2) is 39.0 Å². The third-order valence-corrected chi connectivity index (χ3v) is 4.44. The van der Waals surface area contributed by atoms with Crippen molar-refractivity contribution >= 4 is 63.5 Å². The Bertz CT molecular complexity index is 1140. The van der Waals surface area contributed by atoms with E-state index in [0.29, 0.717) is 16.6 Å². The molecule has 176 valence electrons. The van der Waals surface area contributed by atoms with Gasteiger partial charge in [0.15, 0.2) is 0 Å². The number of hydrogen-bond donors (Lipinski definition) is 1. The first kappa shape index (κ1) is 27.8. The van der Waals surface area contributed by atoms with Crippen molar-refractivity contribution in [3.8, 4) is 11.8 Å². The molecule has 3 aromatic rings. The third-order valence-electron chi connectivity index (χ3n) is 3.21. The van der Waals surface area contributed by atoms with E-state index in [9.17, 15) is 20.2 Å². The largest absolute Gasteiger partial charge is 0.480 e. The summed E-state index contributed by atoms with van der Waals surface area (Å²) in [5, 5.41) is 21.1. The molecule has 16 heteroatoms. The van der Waals surface area contributed by atoms with Crippen LogP contribution in [0.15, 0.2) is 36.8 Å². The van der Waals surface area contributed by atoms with Crippen LogP contribution in [0.1, 0.15) is 0 Å². The third kappa shape index (κ3) is 9.06. The van der Waals surface area contributed by atoms with Crippen molar-refractivity contribution in [1.82, 2.24) is 15.0 Å². The Morgan fingerprint density at radius 2 is 1.18 bits per heavy atom. The highest BCUT2D eigenvalue weighted by molar-refractivity contribution is 6.41. The number of ether oxygens (including phenoxy) is 2. The van der Waals surface area contributed by atoms with E-state index >= 15 is 0 Å². The van der Waals surface area contributed by atoms with Crippen LogP contribution in [0, 0.1) is 20.2 Å². The SMILES string of the molecule is COc1ncc(N)cc1Cl.COc1ncc([N+](=O)[O-])cc1Cl.O=[N+]([O-])c1cnc(Cl)c(Cl)c1. The summed E-state index contributed by atoms with van der Waals surface area (Å²) in [5.41, 5.74) is 5.59. The molecule has 0 unspecified atom stereocenters. The van der Waals surface area contributed by atoms with Crippen LogP contribution in [0.2, 0.25) is 20.2 Å². The summed E-state index contributed by atoms with van der Waals surface area (Å²) in [7, 11) is 2.89. The predicted octanol–water partition coefficient (Wildman–Crippen LogP) is 5.27. The second kappa shape index (κ2) is 13.4. The van der Waals surface area contributed by atoms with Gasteiger partial charge in [0.25, 0.3) is 11.4 Å². The van der Waals surface area contributed by atoms with Crippen molar-refractivity contribution in [3.63, 3.8) is 0 Å². The molecule has 0 bridgehead atoms. The Morgan fingerprint density at radius 3 is 1.58 bits per heavy atom. The number of aromatic nitrogens is 3. The van der Waals surface area contributed by atoms with E-state index in [0.717, 1.165) is 18.5 Å². The molecule has 0 aromatic carbocycles. The summed E-state index contributed by atoms with van der Waals surface area (Å²) in [5.74, 6) is 0.582. The minimum Gasteiger partial charge on any atom is -0.480 e. The average Bonchev–Trinajstić information content (AvgIpc) is 2.76. The first-order chi connectivity index (χ1) is 15.5. The molecule has 0 aliphatic carbocycles. The van der Waals surface area contributed by atoms with Crippen LogP contribution in [-0.2, 0) is 0 Å². The lowest BCUT2D eigenvalue weighted by molar-refractivity contribution is -0.385. The molecule has 0 radical (unpaired) electrons. The molecule has 12 nitrogen and oxygen atoms in total. The zero-order valence-electron chi connectivity index (χ0n) is 16.7. The molecule has 2 N–H and O–H groups in total. The van der Waals surface area contributed by atoms with Crippen LogP contribution < -0.4 is 15.2 Å². The summed E-state index contributed by atoms with van der Waals surface area (Å²) < 4.78 is 9.52. The smallest absolute Gasteiger partial charge is 0.289 e. The van der Waals surface area contributed by atoms with Crippen LogP contribution >= 0.6 is 46.4 Å². The van der Waals surface area contributed by atoms with Gasteiger partial charge in [-0.05, 0) is 6.07 Å². The molecule has 0 amide bonds. The maximum Gasteiger partial charge on any atom is 0.289 e. The molecule has 0 spiro atoms. The highest BCUT2D eigenvalue weighted by Gasteiger charge is 2.10. The summed E-state index contributed by atoms with van der Waals surface area (Å²) in [6.07, 6.45) is 3.63. The number of halogens is 4. The monoisotopic (exact) mass is 538 g/mol. The molecule has 0 atom stereocenters. The number of nitrogens with zero attached hydrogens (tertiary/aromatic N) is 5. The lowest BCUT2D eigenvalue weighted by atomic mass is 10.4. The average molecular weight is 540 g/mol. The Kier molecular flexibility index (Phi) is 11.3. The molecule has 0 saturated heterocycles. The van der Waals surface area contributed by atoms with E-state index in [2.05, 4.69) is 15.0 Å². The number of rotatable bonds is 4. The van der Waals surface area contributed by atoms with E-state index in [1.165, 1.54) is 26.5 Å². The Balaban J connectivity index is 0.000000249. The van der Waals surface area contributed by atoms with E-state index in [-0.39, 0.29) is 32.5 Å². The van der Waals surface area contributed by atoms with Crippen LogP contribution in [0.5, 0.6) is 11.8 Å². The maximum atomic E-state index is 10.2. The zero-order chi connectivity index (χ0) is 25.1. The predicted molar refractivity (Wildman–Crippen MR) is 124 cm³/mol.